The molecule has 10 aromatic rings. The van der Waals surface area contributed by atoms with Gasteiger partial charge in [0, 0.05) is 38.8 Å². The van der Waals surface area contributed by atoms with Crippen LogP contribution in [0.2, 0.25) is 0 Å². The standard InChI is InChI=1S/C66H52N2/c1-4-20-47(21-5-1)52-24-8-9-25-53(52)54-26-10-11-27-55(54)58-29-13-16-32-63(58)67(51-39-41-60-59-30-14-17-33-64(59)68(65(60)45-51)49-22-6-2-7-23-49)50-37-34-46(35-38-50)48-36-40-57-56-28-12-15-31-61(56)66(62(57)44-48)42-18-3-19-43-66/h1-2,4-17,20-34,36-37,39-41,44-45H,3,18-19,35,38,42-43H2. The maximum atomic E-state index is 2.58. The minimum Gasteiger partial charge on any atom is -0.314 e. The Morgan fingerprint density at radius 3 is 1.75 bits per heavy atom. The van der Waals surface area contributed by atoms with Crippen molar-refractivity contribution in [2.75, 3.05) is 4.90 Å². The first-order chi connectivity index (χ1) is 33.7. The summed E-state index contributed by atoms with van der Waals surface area (Å²) in [4.78, 5) is 2.56. The van der Waals surface area contributed by atoms with Crippen LogP contribution in [0.4, 0.5) is 11.4 Å². The van der Waals surface area contributed by atoms with Crippen LogP contribution in [-0.2, 0) is 5.41 Å². The summed E-state index contributed by atoms with van der Waals surface area (Å²) in [6.07, 6.45) is 13.1. The number of nitrogens with zero attached hydrogens (tertiary/aromatic N) is 2. The Bertz CT molecular complexity index is 3600. The van der Waals surface area contributed by atoms with Crippen LogP contribution in [0.3, 0.4) is 0 Å². The highest BCUT2D eigenvalue weighted by atomic mass is 15.2. The van der Waals surface area contributed by atoms with Gasteiger partial charge in [-0.2, -0.15) is 0 Å². The van der Waals surface area contributed by atoms with E-state index in [-0.39, 0.29) is 5.41 Å². The number of para-hydroxylation sites is 3. The molecule has 1 heterocycles. The lowest BCUT2D eigenvalue weighted by atomic mass is 9.67. The lowest BCUT2D eigenvalue weighted by molar-refractivity contribution is 0.353. The van der Waals surface area contributed by atoms with Crippen LogP contribution in [0.25, 0.3) is 77.6 Å². The molecule has 0 aliphatic heterocycles. The number of rotatable bonds is 8. The predicted octanol–water partition coefficient (Wildman–Crippen LogP) is 17.9. The molecule has 3 aliphatic carbocycles. The van der Waals surface area contributed by atoms with Crippen molar-refractivity contribution in [2.24, 2.45) is 0 Å². The average Bonchev–Trinajstić information content (AvgIpc) is 3.88. The van der Waals surface area contributed by atoms with Crippen molar-refractivity contribution in [3.63, 3.8) is 0 Å². The Morgan fingerprint density at radius 2 is 0.985 bits per heavy atom. The van der Waals surface area contributed by atoms with Crippen LogP contribution in [0.5, 0.6) is 0 Å². The highest BCUT2D eigenvalue weighted by Crippen LogP contribution is 2.56. The third kappa shape index (κ3) is 6.61. The van der Waals surface area contributed by atoms with Crippen molar-refractivity contribution < 1.29 is 0 Å². The minimum atomic E-state index is 0.135. The van der Waals surface area contributed by atoms with Crippen LogP contribution < -0.4 is 4.90 Å². The number of benzene rings is 9. The van der Waals surface area contributed by atoms with Gasteiger partial charge in [-0.1, -0.05) is 201 Å². The molecular weight excluding hydrogens is 821 g/mol. The second-order valence-electron chi connectivity index (χ2n) is 19.0. The highest BCUT2D eigenvalue weighted by molar-refractivity contribution is 6.10. The van der Waals surface area contributed by atoms with Crippen LogP contribution >= 0.6 is 0 Å². The largest absolute Gasteiger partial charge is 0.314 e. The zero-order valence-corrected chi connectivity index (χ0v) is 38.3. The van der Waals surface area contributed by atoms with E-state index in [1.54, 1.807) is 11.1 Å². The topological polar surface area (TPSA) is 8.17 Å². The molecule has 2 nitrogen and oxygen atoms in total. The second kappa shape index (κ2) is 16.7. The molecule has 1 aromatic heterocycles. The summed E-state index contributed by atoms with van der Waals surface area (Å²) >= 11 is 0. The quantitative estimate of drug-likeness (QED) is 0.148. The van der Waals surface area contributed by atoms with Gasteiger partial charge in [0.2, 0.25) is 0 Å². The summed E-state index contributed by atoms with van der Waals surface area (Å²) in [5, 5.41) is 2.51. The van der Waals surface area contributed by atoms with Crippen molar-refractivity contribution >= 4 is 38.8 Å². The van der Waals surface area contributed by atoms with Gasteiger partial charge in [-0.25, -0.2) is 0 Å². The number of fused-ring (bicyclic) bond motifs is 8. The van der Waals surface area contributed by atoms with E-state index < -0.39 is 0 Å². The Hall–Kier alpha value is -7.94. The Kier molecular flexibility index (Phi) is 9.93. The van der Waals surface area contributed by atoms with Gasteiger partial charge < -0.3 is 9.47 Å². The van der Waals surface area contributed by atoms with E-state index >= 15 is 0 Å². The molecule has 1 saturated carbocycles. The highest BCUT2D eigenvalue weighted by Gasteiger charge is 2.43. The monoisotopic (exact) mass is 872 g/mol. The third-order valence-corrected chi connectivity index (χ3v) is 15.4. The maximum Gasteiger partial charge on any atom is 0.0561 e. The smallest absolute Gasteiger partial charge is 0.0561 e. The SMILES string of the molecule is C1=C(c2ccc3c(c2)C2(CCCCC2)c2ccccc2-3)CCC(N(c2ccc3c4ccccc4n(-c4ccccc4)c3c2)c2ccccc2-c2ccccc2-c2ccccc2-c2ccccc2)=C1. The lowest BCUT2D eigenvalue weighted by Gasteiger charge is -2.36. The van der Waals surface area contributed by atoms with Gasteiger partial charge in [0.05, 0.1) is 16.7 Å². The molecule has 0 atom stereocenters. The van der Waals surface area contributed by atoms with Crippen LogP contribution in [0, 0.1) is 0 Å². The van der Waals surface area contributed by atoms with E-state index in [9.17, 15) is 0 Å². The summed E-state index contributed by atoms with van der Waals surface area (Å²) < 4.78 is 2.44. The summed E-state index contributed by atoms with van der Waals surface area (Å²) in [6.45, 7) is 0. The summed E-state index contributed by atoms with van der Waals surface area (Å²) in [5.41, 5.74) is 23.3. The van der Waals surface area contributed by atoms with E-state index in [4.69, 9.17) is 0 Å². The number of allylic oxidation sites excluding steroid dienone is 4. The Balaban J connectivity index is 0.985. The molecule has 1 spiro atoms. The molecule has 0 bridgehead atoms. The van der Waals surface area contributed by atoms with Crippen molar-refractivity contribution in [2.45, 2.75) is 50.4 Å². The maximum absolute atomic E-state index is 2.58. The van der Waals surface area contributed by atoms with E-state index in [1.165, 1.54) is 115 Å². The molecule has 0 N–H and O–H groups in total. The van der Waals surface area contributed by atoms with Gasteiger partial charge in [-0.05, 0) is 135 Å². The van der Waals surface area contributed by atoms with Gasteiger partial charge in [-0.3, -0.25) is 0 Å². The molecule has 1 fully saturated rings. The molecule has 2 heteroatoms. The molecule has 0 saturated heterocycles. The van der Waals surface area contributed by atoms with Crippen molar-refractivity contribution in [3.8, 4) is 50.2 Å². The van der Waals surface area contributed by atoms with Crippen molar-refractivity contribution in [3.05, 3.63) is 253 Å². The molecule has 0 amide bonds. The molecule has 326 valence electrons. The van der Waals surface area contributed by atoms with Crippen molar-refractivity contribution in [1.82, 2.24) is 4.57 Å². The van der Waals surface area contributed by atoms with Crippen LogP contribution in [0.15, 0.2) is 236 Å². The third-order valence-electron chi connectivity index (χ3n) is 15.4. The van der Waals surface area contributed by atoms with E-state index in [2.05, 4.69) is 240 Å². The van der Waals surface area contributed by atoms with Gasteiger partial charge >= 0.3 is 0 Å². The fourth-order valence-corrected chi connectivity index (χ4v) is 12.3. The molecule has 3 aliphatic rings. The van der Waals surface area contributed by atoms with Crippen molar-refractivity contribution in [1.29, 1.82) is 0 Å². The van der Waals surface area contributed by atoms with Crippen LogP contribution in [-0.4, -0.2) is 4.57 Å². The summed E-state index contributed by atoms with van der Waals surface area (Å²) in [6, 6.07) is 81.1. The number of hydrogen-bond acceptors (Lipinski definition) is 1. The lowest BCUT2D eigenvalue weighted by Crippen LogP contribution is -2.28. The van der Waals surface area contributed by atoms with Gasteiger partial charge in [0.25, 0.3) is 0 Å². The molecule has 68 heavy (non-hydrogen) atoms. The fraction of sp³-hybridized carbons (Fsp3) is 0.121. The second-order valence-corrected chi connectivity index (χ2v) is 19.0. The first kappa shape index (κ1) is 40.3. The Labute approximate surface area is 399 Å². The summed E-state index contributed by atoms with van der Waals surface area (Å²) in [5.74, 6) is 0. The molecule has 0 unspecified atom stereocenters. The van der Waals surface area contributed by atoms with E-state index in [0.717, 1.165) is 29.9 Å². The van der Waals surface area contributed by atoms with E-state index in [1.807, 2.05) is 0 Å². The summed E-state index contributed by atoms with van der Waals surface area (Å²) in [7, 11) is 0. The van der Waals surface area contributed by atoms with E-state index in [0.29, 0.717) is 0 Å². The normalized spacial score (nSPS) is 14.9. The number of hydrogen-bond donors (Lipinski definition) is 0. The van der Waals surface area contributed by atoms with Gasteiger partial charge in [-0.15, -0.1) is 0 Å². The molecule has 13 rings (SSSR count). The zero-order chi connectivity index (χ0) is 45.0. The minimum absolute atomic E-state index is 0.135. The fourth-order valence-electron chi connectivity index (χ4n) is 12.3. The molecule has 9 aromatic carbocycles. The average molecular weight is 873 g/mol. The first-order valence-electron chi connectivity index (χ1n) is 24.6. The predicted molar refractivity (Wildman–Crippen MR) is 287 cm³/mol. The zero-order valence-electron chi connectivity index (χ0n) is 38.3. The first-order valence-corrected chi connectivity index (χ1v) is 24.6. The van der Waals surface area contributed by atoms with Gasteiger partial charge in [0.15, 0.2) is 0 Å². The number of anilines is 2. The molecular formula is C66H52N2. The number of aromatic nitrogens is 1. The van der Waals surface area contributed by atoms with Gasteiger partial charge in [0.1, 0.15) is 0 Å². The molecule has 0 radical (unpaired) electrons. The Morgan fingerprint density at radius 1 is 0.382 bits per heavy atom. The van der Waals surface area contributed by atoms with Crippen LogP contribution in [0.1, 0.15) is 61.6 Å².